The van der Waals surface area contributed by atoms with Gasteiger partial charge in [-0.15, -0.1) is 45.5 Å². The van der Waals surface area contributed by atoms with Crippen LogP contribution < -0.4 is 10.6 Å². The lowest BCUT2D eigenvalue weighted by molar-refractivity contribution is -0.140. The SMILES string of the molecule is CCNC(=NCc1nncn1-c1ccccc1)NCc1nc(C(F)(F)F)cs1.I. The van der Waals surface area contributed by atoms with Gasteiger partial charge in [-0.25, -0.2) is 9.98 Å². The molecule has 7 nitrogen and oxygen atoms in total. The Morgan fingerprint density at radius 2 is 1.97 bits per heavy atom. The van der Waals surface area contributed by atoms with Crippen LogP contribution in [-0.2, 0) is 19.3 Å². The van der Waals surface area contributed by atoms with Crippen LogP contribution in [0, 0.1) is 0 Å². The molecule has 0 bridgehead atoms. The number of halogens is 4. The summed E-state index contributed by atoms with van der Waals surface area (Å²) in [5.74, 6) is 1.09. The number of para-hydroxylation sites is 1. The minimum absolute atomic E-state index is 0. The van der Waals surface area contributed by atoms with Crippen molar-refractivity contribution < 1.29 is 13.2 Å². The standard InChI is InChI=1S/C17H18F3N7S.HI/c1-2-21-16(23-9-15-25-13(10-28-15)17(18,19)20)22-8-14-26-24-11-27(14)12-6-4-3-5-7-12;/h3-7,10-11H,2,8-9H2,1H3,(H2,21,22,23);1H. The van der Waals surface area contributed by atoms with E-state index in [2.05, 4.69) is 30.8 Å². The first-order chi connectivity index (χ1) is 13.5. The number of thiazole rings is 1. The number of aromatic nitrogens is 4. The molecule has 29 heavy (non-hydrogen) atoms. The summed E-state index contributed by atoms with van der Waals surface area (Å²) in [6.07, 6.45) is -2.83. The minimum Gasteiger partial charge on any atom is -0.357 e. The number of nitrogens with zero attached hydrogens (tertiary/aromatic N) is 5. The van der Waals surface area contributed by atoms with Gasteiger partial charge in [-0.2, -0.15) is 13.2 Å². The summed E-state index contributed by atoms with van der Waals surface area (Å²) in [5, 5.41) is 15.4. The van der Waals surface area contributed by atoms with Crippen molar-refractivity contribution in [1.82, 2.24) is 30.4 Å². The molecule has 0 aliphatic heterocycles. The molecule has 0 unspecified atom stereocenters. The molecule has 156 valence electrons. The average molecular weight is 537 g/mol. The highest BCUT2D eigenvalue weighted by Crippen LogP contribution is 2.29. The smallest absolute Gasteiger partial charge is 0.357 e. The second-order valence-electron chi connectivity index (χ2n) is 5.63. The molecule has 0 spiro atoms. The summed E-state index contributed by atoms with van der Waals surface area (Å²) < 4.78 is 39.8. The highest BCUT2D eigenvalue weighted by atomic mass is 127. The predicted octanol–water partition coefficient (Wildman–Crippen LogP) is 3.62. The number of hydrogen-bond donors (Lipinski definition) is 2. The monoisotopic (exact) mass is 537 g/mol. The maximum absolute atomic E-state index is 12.6. The van der Waals surface area contributed by atoms with E-state index < -0.39 is 11.9 Å². The first kappa shape index (κ1) is 23.1. The van der Waals surface area contributed by atoms with Crippen LogP contribution in [0.5, 0.6) is 0 Å². The molecule has 2 heterocycles. The average Bonchev–Trinajstić information content (AvgIpc) is 3.34. The number of benzene rings is 1. The van der Waals surface area contributed by atoms with Gasteiger partial charge in [0.15, 0.2) is 17.5 Å². The Hall–Kier alpha value is -2.22. The third kappa shape index (κ3) is 6.39. The largest absolute Gasteiger partial charge is 0.434 e. The molecular formula is C17H19F3IN7S. The second kappa shape index (κ2) is 10.5. The van der Waals surface area contributed by atoms with E-state index in [4.69, 9.17) is 0 Å². The summed E-state index contributed by atoms with van der Waals surface area (Å²) in [6.45, 7) is 2.88. The van der Waals surface area contributed by atoms with Crippen LogP contribution in [-0.4, -0.2) is 32.3 Å². The maximum atomic E-state index is 12.6. The molecule has 0 saturated heterocycles. The summed E-state index contributed by atoms with van der Waals surface area (Å²) >= 11 is 0.949. The zero-order valence-electron chi connectivity index (χ0n) is 15.3. The van der Waals surface area contributed by atoms with Crippen molar-refractivity contribution >= 4 is 41.3 Å². The zero-order chi connectivity index (χ0) is 20.0. The van der Waals surface area contributed by atoms with Gasteiger partial charge in [0.1, 0.15) is 17.9 Å². The molecule has 3 rings (SSSR count). The Kier molecular flexibility index (Phi) is 8.37. The highest BCUT2D eigenvalue weighted by Gasteiger charge is 2.33. The van der Waals surface area contributed by atoms with Gasteiger partial charge in [0.2, 0.25) is 0 Å². The van der Waals surface area contributed by atoms with E-state index in [1.54, 1.807) is 6.33 Å². The summed E-state index contributed by atoms with van der Waals surface area (Å²) in [7, 11) is 0. The number of guanidine groups is 1. The van der Waals surface area contributed by atoms with Gasteiger partial charge in [0, 0.05) is 17.6 Å². The Balaban J connectivity index is 0.00000300. The van der Waals surface area contributed by atoms with Gasteiger partial charge in [-0.3, -0.25) is 4.57 Å². The number of aliphatic imine (C=N–C) groups is 1. The zero-order valence-corrected chi connectivity index (χ0v) is 18.5. The van der Waals surface area contributed by atoms with Crippen molar-refractivity contribution in [3.63, 3.8) is 0 Å². The Morgan fingerprint density at radius 3 is 2.62 bits per heavy atom. The van der Waals surface area contributed by atoms with Crippen molar-refractivity contribution in [3.05, 3.63) is 58.6 Å². The molecule has 0 fully saturated rings. The third-order valence-corrected chi connectivity index (χ3v) is 4.47. The third-order valence-electron chi connectivity index (χ3n) is 3.62. The molecule has 1 aromatic carbocycles. The van der Waals surface area contributed by atoms with E-state index in [0.29, 0.717) is 23.3 Å². The highest BCUT2D eigenvalue weighted by molar-refractivity contribution is 14.0. The normalized spacial score (nSPS) is 11.8. The van der Waals surface area contributed by atoms with E-state index in [1.165, 1.54) is 0 Å². The molecule has 0 radical (unpaired) electrons. The topological polar surface area (TPSA) is 80.0 Å². The van der Waals surface area contributed by atoms with Crippen molar-refractivity contribution in [2.24, 2.45) is 4.99 Å². The van der Waals surface area contributed by atoms with Crippen molar-refractivity contribution in [3.8, 4) is 5.69 Å². The number of alkyl halides is 3. The quantitative estimate of drug-likeness (QED) is 0.286. The Labute approximate surface area is 186 Å². The van der Waals surface area contributed by atoms with Crippen LogP contribution in [0.4, 0.5) is 13.2 Å². The maximum Gasteiger partial charge on any atom is 0.434 e. The molecular weight excluding hydrogens is 518 g/mol. The summed E-state index contributed by atoms with van der Waals surface area (Å²) in [4.78, 5) is 8.04. The molecule has 0 amide bonds. The molecule has 12 heteroatoms. The fourth-order valence-corrected chi connectivity index (χ4v) is 3.08. The number of rotatable bonds is 6. The lowest BCUT2D eigenvalue weighted by Gasteiger charge is -2.10. The van der Waals surface area contributed by atoms with Crippen molar-refractivity contribution in [1.29, 1.82) is 0 Å². The Morgan fingerprint density at radius 1 is 1.21 bits per heavy atom. The van der Waals surface area contributed by atoms with Crippen LogP contribution in [0.15, 0.2) is 47.0 Å². The van der Waals surface area contributed by atoms with E-state index in [9.17, 15) is 13.2 Å². The van der Waals surface area contributed by atoms with Crippen LogP contribution >= 0.6 is 35.3 Å². The summed E-state index contributed by atoms with van der Waals surface area (Å²) in [5.41, 5.74) is 0.0327. The molecule has 2 aromatic heterocycles. The summed E-state index contributed by atoms with van der Waals surface area (Å²) in [6, 6.07) is 9.61. The van der Waals surface area contributed by atoms with Crippen molar-refractivity contribution in [2.75, 3.05) is 6.54 Å². The van der Waals surface area contributed by atoms with E-state index in [1.807, 2.05) is 41.8 Å². The van der Waals surface area contributed by atoms with E-state index in [-0.39, 0.29) is 37.1 Å². The van der Waals surface area contributed by atoms with Crippen LogP contribution in [0.25, 0.3) is 5.69 Å². The minimum atomic E-state index is -4.44. The fourth-order valence-electron chi connectivity index (χ4n) is 2.34. The van der Waals surface area contributed by atoms with Gasteiger partial charge < -0.3 is 10.6 Å². The molecule has 2 N–H and O–H groups in total. The van der Waals surface area contributed by atoms with Gasteiger partial charge in [-0.1, -0.05) is 18.2 Å². The molecule has 3 aromatic rings. The second-order valence-corrected chi connectivity index (χ2v) is 6.57. The molecule has 0 atom stereocenters. The van der Waals surface area contributed by atoms with Crippen LogP contribution in [0.2, 0.25) is 0 Å². The van der Waals surface area contributed by atoms with E-state index >= 15 is 0 Å². The van der Waals surface area contributed by atoms with Crippen LogP contribution in [0.3, 0.4) is 0 Å². The number of hydrogen-bond acceptors (Lipinski definition) is 5. The van der Waals surface area contributed by atoms with Gasteiger partial charge in [-0.05, 0) is 19.1 Å². The fraction of sp³-hybridized carbons (Fsp3) is 0.294. The molecule has 0 aliphatic rings. The molecule has 0 aliphatic carbocycles. The lowest BCUT2D eigenvalue weighted by Crippen LogP contribution is -2.36. The Bertz CT molecular complexity index is 925. The van der Waals surface area contributed by atoms with Gasteiger partial charge >= 0.3 is 6.18 Å². The van der Waals surface area contributed by atoms with Gasteiger partial charge in [0.25, 0.3) is 0 Å². The van der Waals surface area contributed by atoms with Crippen molar-refractivity contribution in [2.45, 2.75) is 26.2 Å². The number of nitrogens with one attached hydrogen (secondary N) is 2. The first-order valence-corrected chi connectivity index (χ1v) is 9.33. The van der Waals surface area contributed by atoms with Gasteiger partial charge in [0.05, 0.1) is 6.54 Å². The molecule has 0 saturated carbocycles. The lowest BCUT2D eigenvalue weighted by atomic mass is 10.3. The van der Waals surface area contributed by atoms with Crippen LogP contribution in [0.1, 0.15) is 23.4 Å². The first-order valence-electron chi connectivity index (χ1n) is 8.45. The predicted molar refractivity (Wildman–Crippen MR) is 116 cm³/mol. The van der Waals surface area contributed by atoms with E-state index in [0.717, 1.165) is 22.4 Å².